The van der Waals surface area contributed by atoms with Gasteiger partial charge in [-0.05, 0) is 96.3 Å². The lowest BCUT2D eigenvalue weighted by molar-refractivity contribution is -0.301. The molecule has 1 fully saturated rings. The fourth-order valence-corrected chi connectivity index (χ4v) is 7.45. The summed E-state index contributed by atoms with van der Waals surface area (Å²) in [5.74, 6) is -3.33. The fraction of sp³-hybridized carbons (Fsp3) is 0.661. The molecule has 0 aromatic heterocycles. The van der Waals surface area contributed by atoms with Gasteiger partial charge < -0.3 is 39.0 Å². The van der Waals surface area contributed by atoms with Gasteiger partial charge in [-0.2, -0.15) is 0 Å². The van der Waals surface area contributed by atoms with Crippen LogP contribution >= 0.6 is 0 Å². The number of aliphatic hydroxyl groups excluding tert-OH is 2. The molecule has 1 aliphatic heterocycles. The maximum absolute atomic E-state index is 13.1. The summed E-state index contributed by atoms with van der Waals surface area (Å²) in [5.41, 5.74) is 0. The highest BCUT2D eigenvalue weighted by Crippen LogP contribution is 2.26. The molecule has 1 saturated heterocycles. The molecule has 3 N–H and O–H groups in total. The van der Waals surface area contributed by atoms with E-state index < -0.39 is 67.3 Å². The van der Waals surface area contributed by atoms with Gasteiger partial charge in [-0.1, -0.05) is 182 Å². The highest BCUT2D eigenvalue weighted by Gasteiger charge is 2.50. The van der Waals surface area contributed by atoms with Gasteiger partial charge in [-0.3, -0.25) is 14.4 Å². The van der Waals surface area contributed by atoms with Crippen molar-refractivity contribution in [3.8, 4) is 0 Å². The van der Waals surface area contributed by atoms with Crippen molar-refractivity contribution in [1.82, 2.24) is 0 Å². The minimum absolute atomic E-state index is 0.134. The number of aliphatic hydroxyl groups is 2. The van der Waals surface area contributed by atoms with Crippen molar-refractivity contribution < 1.29 is 58.2 Å². The Morgan fingerprint density at radius 1 is 0.493 bits per heavy atom. The lowest BCUT2D eigenvalue weighted by Crippen LogP contribution is -2.61. The van der Waals surface area contributed by atoms with Crippen LogP contribution in [0.1, 0.15) is 201 Å². The summed E-state index contributed by atoms with van der Waals surface area (Å²) < 4.78 is 28.2. The van der Waals surface area contributed by atoms with Crippen molar-refractivity contribution >= 4 is 23.9 Å². The standard InChI is InChI=1S/C59H94O12/c1-4-7-10-13-16-19-22-24-26-28-31-33-36-39-42-45-51(60)67-48-50(69-52(61)46-43-40-37-34-30-21-18-15-12-9-6-3)49-68-59-57(55(64)54(63)56(71-59)58(65)66)70-53(62)47-44-41-38-35-32-29-27-25-23-20-17-14-11-8-5-2/h8,11,15-20,24-27,32,35,41,44,50,54-57,59,63-64H,4-7,9-10,12-14,21-23,28-31,33-34,36-40,42-43,45-49H2,1-3H3,(H,65,66)/b11-8-,18-15-,19-16-,20-17-,26-24-,27-25-,35-32-,44-41-. The number of unbranched alkanes of at least 4 members (excludes halogenated alkanes) is 15. The molecule has 6 unspecified atom stereocenters. The first-order valence-electron chi connectivity index (χ1n) is 27.2. The molecule has 1 rings (SSSR count). The number of aliphatic carboxylic acids is 1. The maximum Gasteiger partial charge on any atom is 0.335 e. The van der Waals surface area contributed by atoms with E-state index in [0.717, 1.165) is 109 Å². The van der Waals surface area contributed by atoms with E-state index >= 15 is 0 Å². The van der Waals surface area contributed by atoms with Crippen molar-refractivity contribution in [2.75, 3.05) is 13.2 Å². The third-order valence-corrected chi connectivity index (χ3v) is 11.6. The molecule has 6 atom stereocenters. The lowest BCUT2D eigenvalue weighted by atomic mass is 9.98. The third-order valence-electron chi connectivity index (χ3n) is 11.6. The Morgan fingerprint density at radius 3 is 1.48 bits per heavy atom. The Labute approximate surface area is 428 Å². The summed E-state index contributed by atoms with van der Waals surface area (Å²) >= 11 is 0. The molecule has 1 heterocycles. The first-order valence-corrected chi connectivity index (χ1v) is 27.2. The molecule has 402 valence electrons. The second-order valence-electron chi connectivity index (χ2n) is 18.1. The van der Waals surface area contributed by atoms with Crippen molar-refractivity contribution in [3.05, 3.63) is 97.2 Å². The van der Waals surface area contributed by atoms with Gasteiger partial charge in [0.05, 0.1) is 13.0 Å². The number of hydrogen-bond donors (Lipinski definition) is 3. The van der Waals surface area contributed by atoms with Crippen LogP contribution in [0.5, 0.6) is 0 Å². The molecule has 1 aliphatic rings. The van der Waals surface area contributed by atoms with Gasteiger partial charge >= 0.3 is 23.9 Å². The number of hydrogen-bond acceptors (Lipinski definition) is 11. The smallest absolute Gasteiger partial charge is 0.335 e. The van der Waals surface area contributed by atoms with Crippen LogP contribution in [0.4, 0.5) is 0 Å². The third kappa shape index (κ3) is 37.1. The van der Waals surface area contributed by atoms with E-state index in [9.17, 15) is 34.5 Å². The molecular weight excluding hydrogens is 901 g/mol. The fourth-order valence-electron chi connectivity index (χ4n) is 7.45. The van der Waals surface area contributed by atoms with E-state index in [-0.39, 0.29) is 25.9 Å². The predicted octanol–water partition coefficient (Wildman–Crippen LogP) is 13.3. The quantitative estimate of drug-likeness (QED) is 0.0228. The van der Waals surface area contributed by atoms with Crippen LogP contribution < -0.4 is 0 Å². The Hall–Kier alpha value is -4.36. The largest absolute Gasteiger partial charge is 0.479 e. The van der Waals surface area contributed by atoms with Crippen molar-refractivity contribution in [3.63, 3.8) is 0 Å². The van der Waals surface area contributed by atoms with E-state index in [2.05, 4.69) is 93.7 Å². The molecule has 71 heavy (non-hydrogen) atoms. The number of carbonyl (C=O) groups excluding carboxylic acids is 3. The zero-order valence-corrected chi connectivity index (χ0v) is 43.9. The number of esters is 3. The summed E-state index contributed by atoms with van der Waals surface area (Å²) in [6, 6.07) is 0. The number of rotatable bonds is 44. The molecule has 0 bridgehead atoms. The molecular formula is C59H94O12. The Balaban J connectivity index is 2.78. The average molecular weight is 995 g/mol. The van der Waals surface area contributed by atoms with Gasteiger partial charge in [-0.25, -0.2) is 4.79 Å². The van der Waals surface area contributed by atoms with Gasteiger partial charge in [0.15, 0.2) is 24.6 Å². The maximum atomic E-state index is 13.1. The summed E-state index contributed by atoms with van der Waals surface area (Å²) in [6.07, 6.45) is 48.4. The molecule has 0 aromatic carbocycles. The molecule has 12 nitrogen and oxygen atoms in total. The van der Waals surface area contributed by atoms with Gasteiger partial charge in [0.25, 0.3) is 0 Å². The number of ether oxygens (including phenoxy) is 5. The normalized spacial score (nSPS) is 19.3. The van der Waals surface area contributed by atoms with Crippen molar-refractivity contribution in [2.24, 2.45) is 0 Å². The van der Waals surface area contributed by atoms with E-state index in [1.54, 1.807) is 12.2 Å². The van der Waals surface area contributed by atoms with Crippen LogP contribution in [-0.2, 0) is 42.9 Å². The van der Waals surface area contributed by atoms with E-state index in [1.165, 1.54) is 32.1 Å². The van der Waals surface area contributed by atoms with E-state index in [0.29, 0.717) is 19.3 Å². The van der Waals surface area contributed by atoms with Crippen molar-refractivity contribution in [1.29, 1.82) is 0 Å². The van der Waals surface area contributed by atoms with E-state index in [4.69, 9.17) is 23.7 Å². The van der Waals surface area contributed by atoms with Crippen molar-refractivity contribution in [2.45, 2.75) is 237 Å². The van der Waals surface area contributed by atoms with Crippen LogP contribution in [0, 0.1) is 0 Å². The monoisotopic (exact) mass is 995 g/mol. The summed E-state index contributed by atoms with van der Waals surface area (Å²) in [7, 11) is 0. The van der Waals surface area contributed by atoms with E-state index in [1.807, 2.05) is 12.2 Å². The van der Waals surface area contributed by atoms with Crippen LogP contribution in [0.15, 0.2) is 97.2 Å². The SMILES string of the molecule is CC/C=C\C/C=C\C/C=C\C/C=C\C/C=C\CC(=O)OC1C(OCC(COC(=O)CCCCCCC/C=C\C/C=C\CCCCC)OC(=O)CCCCCCC/C=C\CCCC)OC(C(=O)O)C(O)C1O. The molecule has 0 saturated carbocycles. The van der Waals surface area contributed by atoms with Gasteiger partial charge in [0.2, 0.25) is 0 Å². The first-order chi connectivity index (χ1) is 34.6. The topological polar surface area (TPSA) is 175 Å². The zero-order valence-electron chi connectivity index (χ0n) is 43.9. The highest BCUT2D eigenvalue weighted by molar-refractivity contribution is 5.74. The first kappa shape index (κ1) is 64.7. The number of carboxylic acids is 1. The Kier molecular flexibility index (Phi) is 42.5. The molecule has 0 aromatic rings. The molecule has 0 radical (unpaired) electrons. The molecule has 12 heteroatoms. The van der Waals surface area contributed by atoms with Gasteiger partial charge in [-0.15, -0.1) is 0 Å². The predicted molar refractivity (Wildman–Crippen MR) is 284 cm³/mol. The minimum Gasteiger partial charge on any atom is -0.479 e. The van der Waals surface area contributed by atoms with Crippen LogP contribution in [-0.4, -0.2) is 89.2 Å². The average Bonchev–Trinajstić information content (AvgIpc) is 3.35. The second-order valence-corrected chi connectivity index (χ2v) is 18.1. The lowest BCUT2D eigenvalue weighted by Gasteiger charge is -2.40. The second kappa shape index (κ2) is 46.7. The van der Waals surface area contributed by atoms with Gasteiger partial charge in [0, 0.05) is 12.8 Å². The summed E-state index contributed by atoms with van der Waals surface area (Å²) in [5, 5.41) is 31.3. The summed E-state index contributed by atoms with van der Waals surface area (Å²) in [6.45, 7) is 5.72. The Bertz CT molecular complexity index is 1610. The van der Waals surface area contributed by atoms with Crippen LogP contribution in [0.2, 0.25) is 0 Å². The molecule has 0 aliphatic carbocycles. The Morgan fingerprint density at radius 2 is 0.944 bits per heavy atom. The minimum atomic E-state index is -1.94. The zero-order chi connectivity index (χ0) is 51.8. The highest BCUT2D eigenvalue weighted by atomic mass is 16.7. The van der Waals surface area contributed by atoms with Crippen LogP contribution in [0.3, 0.4) is 0 Å². The molecule has 0 amide bonds. The summed E-state index contributed by atoms with van der Waals surface area (Å²) in [4.78, 5) is 50.8. The number of carboxylic acid groups (broad SMARTS) is 1. The van der Waals surface area contributed by atoms with Crippen LogP contribution in [0.25, 0.3) is 0 Å². The molecule has 0 spiro atoms. The number of carbonyl (C=O) groups is 4. The number of allylic oxidation sites excluding steroid dienone is 15. The van der Waals surface area contributed by atoms with Gasteiger partial charge in [0.1, 0.15) is 18.8 Å².